The van der Waals surface area contributed by atoms with Gasteiger partial charge in [-0.25, -0.2) is 0 Å². The smallest absolute Gasteiger partial charge is 0.123 e. The van der Waals surface area contributed by atoms with E-state index in [-0.39, 0.29) is 17.6 Å². The highest BCUT2D eigenvalue weighted by atomic mass is 16.5. The SMILES string of the molecule is CC(C)(C)C(NN)C1Cc2ccccc2O1. The fraction of sp³-hybridized carbons (Fsp3) is 0.538. The van der Waals surface area contributed by atoms with E-state index in [1.807, 2.05) is 18.2 Å². The van der Waals surface area contributed by atoms with E-state index in [2.05, 4.69) is 32.3 Å². The number of fused-ring (bicyclic) bond motifs is 1. The molecule has 0 saturated carbocycles. The molecule has 3 N–H and O–H groups in total. The van der Waals surface area contributed by atoms with Gasteiger partial charge in [-0.05, 0) is 17.0 Å². The molecule has 16 heavy (non-hydrogen) atoms. The molecule has 0 saturated heterocycles. The van der Waals surface area contributed by atoms with Gasteiger partial charge in [0, 0.05) is 6.42 Å². The van der Waals surface area contributed by atoms with Crippen molar-refractivity contribution in [1.82, 2.24) is 5.43 Å². The van der Waals surface area contributed by atoms with E-state index in [1.165, 1.54) is 5.56 Å². The van der Waals surface area contributed by atoms with Gasteiger partial charge in [-0.1, -0.05) is 39.0 Å². The van der Waals surface area contributed by atoms with Gasteiger partial charge in [0.1, 0.15) is 11.9 Å². The lowest BCUT2D eigenvalue weighted by Gasteiger charge is -2.34. The van der Waals surface area contributed by atoms with Crippen molar-refractivity contribution in [2.24, 2.45) is 11.3 Å². The van der Waals surface area contributed by atoms with Crippen LogP contribution in [-0.4, -0.2) is 12.1 Å². The number of para-hydroxylation sites is 1. The zero-order valence-corrected chi connectivity index (χ0v) is 10.2. The first-order valence-electron chi connectivity index (χ1n) is 5.73. The average molecular weight is 220 g/mol. The Hall–Kier alpha value is -1.06. The monoisotopic (exact) mass is 220 g/mol. The van der Waals surface area contributed by atoms with Crippen LogP contribution in [0.1, 0.15) is 26.3 Å². The molecule has 3 nitrogen and oxygen atoms in total. The molecule has 1 aliphatic rings. The molecule has 0 bridgehead atoms. The molecule has 0 amide bonds. The summed E-state index contributed by atoms with van der Waals surface area (Å²) in [5.74, 6) is 6.64. The zero-order chi connectivity index (χ0) is 11.8. The van der Waals surface area contributed by atoms with Crippen LogP contribution in [0.5, 0.6) is 5.75 Å². The Balaban J connectivity index is 2.16. The van der Waals surface area contributed by atoms with E-state index in [0.29, 0.717) is 0 Å². The van der Waals surface area contributed by atoms with Crippen LogP contribution < -0.4 is 16.0 Å². The maximum Gasteiger partial charge on any atom is 0.123 e. The minimum absolute atomic E-state index is 0.0848. The van der Waals surface area contributed by atoms with Crippen molar-refractivity contribution in [2.75, 3.05) is 0 Å². The number of nitrogens with two attached hydrogens (primary N) is 1. The number of rotatable bonds is 2. The molecule has 1 aromatic carbocycles. The quantitative estimate of drug-likeness (QED) is 0.591. The van der Waals surface area contributed by atoms with E-state index in [0.717, 1.165) is 12.2 Å². The predicted octanol–water partition coefficient (Wildman–Crippen LogP) is 1.87. The van der Waals surface area contributed by atoms with Gasteiger partial charge in [0.25, 0.3) is 0 Å². The molecule has 1 heterocycles. The van der Waals surface area contributed by atoms with Gasteiger partial charge in [-0.2, -0.15) is 0 Å². The first-order valence-corrected chi connectivity index (χ1v) is 5.73. The summed E-state index contributed by atoms with van der Waals surface area (Å²) < 4.78 is 5.94. The van der Waals surface area contributed by atoms with E-state index in [1.54, 1.807) is 0 Å². The Morgan fingerprint density at radius 3 is 2.62 bits per heavy atom. The largest absolute Gasteiger partial charge is 0.488 e. The fourth-order valence-corrected chi connectivity index (χ4v) is 2.31. The van der Waals surface area contributed by atoms with Crippen LogP contribution in [0.15, 0.2) is 24.3 Å². The first kappa shape index (κ1) is 11.4. The highest BCUT2D eigenvalue weighted by Crippen LogP contribution is 2.33. The summed E-state index contributed by atoms with van der Waals surface area (Å²) >= 11 is 0. The molecule has 0 fully saturated rings. The molecular weight excluding hydrogens is 200 g/mol. The van der Waals surface area contributed by atoms with Crippen molar-refractivity contribution in [2.45, 2.75) is 39.3 Å². The van der Waals surface area contributed by atoms with Gasteiger partial charge in [-0.3, -0.25) is 11.3 Å². The second-order valence-electron chi connectivity index (χ2n) is 5.48. The normalized spacial score (nSPS) is 21.4. The molecular formula is C13H20N2O. The minimum atomic E-state index is 0.0848. The third-order valence-corrected chi connectivity index (χ3v) is 3.16. The van der Waals surface area contributed by atoms with E-state index in [4.69, 9.17) is 10.6 Å². The van der Waals surface area contributed by atoms with Crippen LogP contribution in [0.3, 0.4) is 0 Å². The van der Waals surface area contributed by atoms with Crippen molar-refractivity contribution < 1.29 is 4.74 Å². The molecule has 2 atom stereocenters. The lowest BCUT2D eigenvalue weighted by molar-refractivity contribution is 0.108. The molecule has 0 radical (unpaired) electrons. The van der Waals surface area contributed by atoms with Crippen molar-refractivity contribution in [3.63, 3.8) is 0 Å². The molecule has 2 unspecified atom stereocenters. The Morgan fingerprint density at radius 1 is 1.38 bits per heavy atom. The van der Waals surface area contributed by atoms with E-state index < -0.39 is 0 Å². The first-order chi connectivity index (χ1) is 7.52. The van der Waals surface area contributed by atoms with E-state index in [9.17, 15) is 0 Å². The topological polar surface area (TPSA) is 47.3 Å². The van der Waals surface area contributed by atoms with Gasteiger partial charge in [0.15, 0.2) is 0 Å². The molecule has 2 rings (SSSR count). The molecule has 1 aliphatic heterocycles. The van der Waals surface area contributed by atoms with Gasteiger partial charge < -0.3 is 4.74 Å². The summed E-state index contributed by atoms with van der Waals surface area (Å²) in [5, 5.41) is 0. The number of hydrogen-bond donors (Lipinski definition) is 2. The third kappa shape index (κ3) is 2.06. The fourth-order valence-electron chi connectivity index (χ4n) is 2.31. The number of benzene rings is 1. The van der Waals surface area contributed by atoms with Crippen LogP contribution in [0.4, 0.5) is 0 Å². The summed E-state index contributed by atoms with van der Waals surface area (Å²) in [7, 11) is 0. The Bertz CT molecular complexity index is 345. The van der Waals surface area contributed by atoms with Crippen molar-refractivity contribution >= 4 is 0 Å². The summed E-state index contributed by atoms with van der Waals surface area (Å²) in [4.78, 5) is 0. The molecule has 88 valence electrons. The summed E-state index contributed by atoms with van der Waals surface area (Å²) in [6.07, 6.45) is 1.06. The molecule has 0 spiro atoms. The highest BCUT2D eigenvalue weighted by Gasteiger charge is 2.36. The minimum Gasteiger partial charge on any atom is -0.488 e. The van der Waals surface area contributed by atoms with Crippen LogP contribution in [-0.2, 0) is 6.42 Å². The zero-order valence-electron chi connectivity index (χ0n) is 10.2. The Morgan fingerprint density at radius 2 is 2.06 bits per heavy atom. The maximum absolute atomic E-state index is 5.94. The number of ether oxygens (including phenoxy) is 1. The lowest BCUT2D eigenvalue weighted by Crippen LogP contribution is -2.53. The summed E-state index contributed by atoms with van der Waals surface area (Å²) in [6.45, 7) is 6.51. The van der Waals surface area contributed by atoms with Gasteiger partial charge in [0.2, 0.25) is 0 Å². The second kappa shape index (κ2) is 4.07. The van der Waals surface area contributed by atoms with Crippen LogP contribution in [0, 0.1) is 5.41 Å². The molecule has 1 aromatic rings. The van der Waals surface area contributed by atoms with Crippen molar-refractivity contribution in [1.29, 1.82) is 0 Å². The number of hydrogen-bond acceptors (Lipinski definition) is 3. The Labute approximate surface area is 97.0 Å². The van der Waals surface area contributed by atoms with Crippen molar-refractivity contribution in [3.8, 4) is 5.75 Å². The second-order valence-corrected chi connectivity index (χ2v) is 5.48. The van der Waals surface area contributed by atoms with Crippen molar-refractivity contribution in [3.05, 3.63) is 29.8 Å². The highest BCUT2D eigenvalue weighted by molar-refractivity contribution is 5.37. The molecule has 0 aliphatic carbocycles. The third-order valence-electron chi connectivity index (χ3n) is 3.16. The summed E-state index contributed by atoms with van der Waals surface area (Å²) in [6, 6.07) is 8.34. The van der Waals surface area contributed by atoms with Gasteiger partial charge >= 0.3 is 0 Å². The lowest BCUT2D eigenvalue weighted by atomic mass is 9.82. The molecule has 3 heteroatoms. The predicted molar refractivity (Wildman–Crippen MR) is 65.1 cm³/mol. The average Bonchev–Trinajstić information content (AvgIpc) is 2.59. The standard InChI is InChI=1S/C13H20N2O/c1-13(2,3)12(15-14)11-8-9-6-4-5-7-10(9)16-11/h4-7,11-12,15H,8,14H2,1-3H3. The maximum atomic E-state index is 5.94. The van der Waals surface area contributed by atoms with Crippen LogP contribution in [0.2, 0.25) is 0 Å². The number of hydrazine groups is 1. The van der Waals surface area contributed by atoms with Gasteiger partial charge in [0.05, 0.1) is 6.04 Å². The summed E-state index contributed by atoms with van der Waals surface area (Å²) in [5.41, 5.74) is 4.25. The van der Waals surface area contributed by atoms with Gasteiger partial charge in [-0.15, -0.1) is 0 Å². The number of nitrogens with one attached hydrogen (secondary N) is 1. The van der Waals surface area contributed by atoms with E-state index >= 15 is 0 Å². The Kier molecular flexibility index (Phi) is 2.91. The van der Waals surface area contributed by atoms with Crippen LogP contribution >= 0.6 is 0 Å². The molecule has 0 aromatic heterocycles. The van der Waals surface area contributed by atoms with Crippen LogP contribution in [0.25, 0.3) is 0 Å².